The minimum Gasteiger partial charge on any atom is -0.465 e. The van der Waals surface area contributed by atoms with Crippen LogP contribution in [0.15, 0.2) is 0 Å². The Morgan fingerprint density at radius 1 is 1.50 bits per heavy atom. The summed E-state index contributed by atoms with van der Waals surface area (Å²) in [5.41, 5.74) is 11.9. The van der Waals surface area contributed by atoms with Crippen molar-refractivity contribution in [2.24, 2.45) is 5.73 Å². The van der Waals surface area contributed by atoms with E-state index in [2.05, 4.69) is 5.10 Å². The second-order valence-corrected chi connectivity index (χ2v) is 3.85. The Balaban J connectivity index is 2.92. The molecule has 1 aromatic rings. The first-order chi connectivity index (χ1) is 8.38. The van der Waals surface area contributed by atoms with E-state index in [-0.39, 0.29) is 17.9 Å². The van der Waals surface area contributed by atoms with Crippen LogP contribution in [0.4, 0.5) is 10.5 Å². The van der Waals surface area contributed by atoms with E-state index in [1.807, 2.05) is 6.92 Å². The lowest BCUT2D eigenvalue weighted by molar-refractivity contribution is 0.0995. The fourth-order valence-electron chi connectivity index (χ4n) is 1.59. The first kappa shape index (κ1) is 13.8. The van der Waals surface area contributed by atoms with Gasteiger partial charge in [-0.15, -0.1) is 0 Å². The highest BCUT2D eigenvalue weighted by Crippen LogP contribution is 2.17. The number of nitrogens with zero attached hydrogens (tertiary/aromatic N) is 3. The smallest absolute Gasteiger partial charge is 0.407 e. The summed E-state index contributed by atoms with van der Waals surface area (Å²) in [5, 5.41) is 12.7. The summed E-state index contributed by atoms with van der Waals surface area (Å²) in [6, 6.07) is 0. The summed E-state index contributed by atoms with van der Waals surface area (Å²) in [6.45, 7) is 2.45. The summed E-state index contributed by atoms with van der Waals surface area (Å²) in [4.78, 5) is 22.9. The van der Waals surface area contributed by atoms with Crippen molar-refractivity contribution in [3.8, 4) is 0 Å². The quantitative estimate of drug-likeness (QED) is 0.667. The average molecular weight is 255 g/mol. The van der Waals surface area contributed by atoms with Crippen molar-refractivity contribution < 1.29 is 14.7 Å². The lowest BCUT2D eigenvalue weighted by Crippen LogP contribution is -2.29. The van der Waals surface area contributed by atoms with Crippen LogP contribution in [0.2, 0.25) is 0 Å². The normalized spacial score (nSPS) is 10.3. The molecule has 18 heavy (non-hydrogen) atoms. The average Bonchev–Trinajstić information content (AvgIpc) is 2.62. The van der Waals surface area contributed by atoms with Crippen molar-refractivity contribution in [1.29, 1.82) is 0 Å². The maximum Gasteiger partial charge on any atom is 0.407 e. The van der Waals surface area contributed by atoms with Gasteiger partial charge in [0.05, 0.1) is 17.9 Å². The van der Waals surface area contributed by atoms with Crippen LogP contribution in [0, 0.1) is 0 Å². The van der Waals surface area contributed by atoms with Gasteiger partial charge in [-0.3, -0.25) is 9.48 Å². The summed E-state index contributed by atoms with van der Waals surface area (Å²) < 4.78 is 1.52. The number of hydrogen-bond donors (Lipinski definition) is 3. The second-order valence-electron chi connectivity index (χ2n) is 3.85. The Morgan fingerprint density at radius 3 is 2.56 bits per heavy atom. The van der Waals surface area contributed by atoms with Crippen LogP contribution in [0.5, 0.6) is 0 Å². The van der Waals surface area contributed by atoms with Crippen LogP contribution in [0.1, 0.15) is 23.1 Å². The standard InChI is InChI=1S/C10H17N5O3/c1-3-6-7(11)8(9(12)16)13-15(6)5-4-14(2)10(17)18/h3-5,11H2,1-2H3,(H2,12,16)(H,17,18). The molecule has 0 aliphatic heterocycles. The van der Waals surface area contributed by atoms with E-state index < -0.39 is 12.0 Å². The number of carbonyl (C=O) groups is 2. The molecule has 1 heterocycles. The number of anilines is 1. The fourth-order valence-corrected chi connectivity index (χ4v) is 1.59. The van der Waals surface area contributed by atoms with Gasteiger partial charge in [0, 0.05) is 13.6 Å². The zero-order valence-corrected chi connectivity index (χ0v) is 10.4. The SMILES string of the molecule is CCc1c(N)c(C(N)=O)nn1CCN(C)C(=O)O. The molecule has 0 radical (unpaired) electrons. The lowest BCUT2D eigenvalue weighted by Gasteiger charge is -2.13. The number of carboxylic acid groups (broad SMARTS) is 1. The van der Waals surface area contributed by atoms with Crippen LogP contribution in [0.3, 0.4) is 0 Å². The Hall–Kier alpha value is -2.25. The molecule has 0 saturated heterocycles. The van der Waals surface area contributed by atoms with Crippen molar-refractivity contribution in [2.45, 2.75) is 19.9 Å². The van der Waals surface area contributed by atoms with Crippen molar-refractivity contribution in [3.05, 3.63) is 11.4 Å². The number of carbonyl (C=O) groups excluding carboxylic acids is 1. The molecule has 0 bridgehead atoms. The summed E-state index contributed by atoms with van der Waals surface area (Å²) in [6.07, 6.45) is -0.439. The number of nitrogens with two attached hydrogens (primary N) is 2. The number of rotatable bonds is 5. The van der Waals surface area contributed by atoms with Crippen LogP contribution in [-0.4, -0.2) is 45.4 Å². The molecule has 0 unspecified atom stereocenters. The number of amides is 2. The molecule has 100 valence electrons. The van der Waals surface area contributed by atoms with E-state index in [4.69, 9.17) is 16.6 Å². The van der Waals surface area contributed by atoms with Gasteiger partial charge in [0.15, 0.2) is 5.69 Å². The first-order valence-corrected chi connectivity index (χ1v) is 5.47. The van der Waals surface area contributed by atoms with Gasteiger partial charge in [0.25, 0.3) is 5.91 Å². The Morgan fingerprint density at radius 2 is 2.11 bits per heavy atom. The number of primary amides is 1. The van der Waals surface area contributed by atoms with E-state index in [9.17, 15) is 9.59 Å². The molecular formula is C10H17N5O3. The molecule has 0 atom stereocenters. The second kappa shape index (κ2) is 5.39. The molecule has 2 amide bonds. The van der Waals surface area contributed by atoms with E-state index in [0.717, 1.165) is 4.90 Å². The summed E-state index contributed by atoms with van der Waals surface area (Å²) >= 11 is 0. The van der Waals surface area contributed by atoms with Gasteiger partial charge in [0.2, 0.25) is 0 Å². The van der Waals surface area contributed by atoms with E-state index in [1.54, 1.807) is 0 Å². The zero-order chi connectivity index (χ0) is 13.9. The predicted octanol–water partition coefficient (Wildman–Crippen LogP) is -0.264. The van der Waals surface area contributed by atoms with Gasteiger partial charge < -0.3 is 21.5 Å². The third-order valence-electron chi connectivity index (χ3n) is 2.64. The van der Waals surface area contributed by atoms with Gasteiger partial charge in [0.1, 0.15) is 0 Å². The van der Waals surface area contributed by atoms with Gasteiger partial charge in [-0.25, -0.2) is 4.79 Å². The highest BCUT2D eigenvalue weighted by Gasteiger charge is 2.18. The van der Waals surface area contributed by atoms with Crippen LogP contribution in [-0.2, 0) is 13.0 Å². The zero-order valence-electron chi connectivity index (χ0n) is 10.4. The molecule has 0 fully saturated rings. The van der Waals surface area contributed by atoms with Crippen molar-refractivity contribution in [3.63, 3.8) is 0 Å². The Labute approximate surface area is 104 Å². The number of likely N-dealkylation sites (N-methyl/N-ethyl adjacent to an activating group) is 1. The van der Waals surface area contributed by atoms with Crippen LogP contribution < -0.4 is 11.5 Å². The van der Waals surface area contributed by atoms with Gasteiger partial charge in [-0.05, 0) is 6.42 Å². The van der Waals surface area contributed by atoms with Crippen molar-refractivity contribution >= 4 is 17.7 Å². The molecule has 8 heteroatoms. The van der Waals surface area contributed by atoms with Crippen LogP contribution >= 0.6 is 0 Å². The molecule has 5 N–H and O–H groups in total. The molecule has 1 aromatic heterocycles. The van der Waals surface area contributed by atoms with Gasteiger partial charge in [-0.1, -0.05) is 6.92 Å². The third-order valence-corrected chi connectivity index (χ3v) is 2.64. The first-order valence-electron chi connectivity index (χ1n) is 5.47. The summed E-state index contributed by atoms with van der Waals surface area (Å²) in [7, 11) is 1.45. The Kier molecular flexibility index (Phi) is 4.13. The van der Waals surface area contributed by atoms with E-state index in [0.29, 0.717) is 18.7 Å². The minimum atomic E-state index is -1.02. The molecule has 1 rings (SSSR count). The third kappa shape index (κ3) is 2.70. The number of nitrogen functional groups attached to an aromatic ring is 1. The maximum absolute atomic E-state index is 11.1. The van der Waals surface area contributed by atoms with E-state index >= 15 is 0 Å². The lowest BCUT2D eigenvalue weighted by atomic mass is 10.2. The highest BCUT2D eigenvalue weighted by molar-refractivity contribution is 5.96. The summed E-state index contributed by atoms with van der Waals surface area (Å²) in [5.74, 6) is -0.687. The molecule has 0 aromatic carbocycles. The van der Waals surface area contributed by atoms with Crippen molar-refractivity contribution in [1.82, 2.24) is 14.7 Å². The Bertz CT molecular complexity index is 468. The predicted molar refractivity (Wildman–Crippen MR) is 65.2 cm³/mol. The van der Waals surface area contributed by atoms with Crippen LogP contribution in [0.25, 0.3) is 0 Å². The topological polar surface area (TPSA) is 127 Å². The molecule has 0 spiro atoms. The monoisotopic (exact) mass is 255 g/mol. The van der Waals surface area contributed by atoms with Crippen molar-refractivity contribution in [2.75, 3.05) is 19.3 Å². The molecule has 0 aliphatic carbocycles. The maximum atomic E-state index is 11.1. The number of aromatic nitrogens is 2. The fraction of sp³-hybridized carbons (Fsp3) is 0.500. The molecule has 0 saturated carbocycles. The van der Waals surface area contributed by atoms with E-state index in [1.165, 1.54) is 11.7 Å². The molecular weight excluding hydrogens is 238 g/mol. The van der Waals surface area contributed by atoms with Gasteiger partial charge in [-0.2, -0.15) is 5.10 Å². The molecule has 0 aliphatic rings. The highest BCUT2D eigenvalue weighted by atomic mass is 16.4. The number of hydrogen-bond acceptors (Lipinski definition) is 4. The largest absolute Gasteiger partial charge is 0.465 e. The van der Waals surface area contributed by atoms with Gasteiger partial charge >= 0.3 is 6.09 Å². The molecule has 8 nitrogen and oxygen atoms in total. The minimum absolute atomic E-state index is 0.0322.